The largest absolute Gasteiger partial charge is 0.473 e. The summed E-state index contributed by atoms with van der Waals surface area (Å²) in [6.07, 6.45) is 3.28. The van der Waals surface area contributed by atoms with Crippen molar-refractivity contribution < 1.29 is 28.5 Å². The number of hydrogen-bond acceptors (Lipinski definition) is 7. The average Bonchev–Trinajstić information content (AvgIpc) is 3.31. The van der Waals surface area contributed by atoms with Gasteiger partial charge in [0.15, 0.2) is 11.5 Å². The maximum Gasteiger partial charge on any atom is 0.407 e. The number of carbonyl (C=O) groups is 2. The van der Waals surface area contributed by atoms with Gasteiger partial charge in [-0.2, -0.15) is 0 Å². The third-order valence-corrected chi connectivity index (χ3v) is 8.39. The molecule has 5 rings (SSSR count). The Labute approximate surface area is 272 Å². The number of alkyl carbamates (subject to hydrolysis) is 1. The SMILES string of the molecule is CCC(CCCC1(C)Oc2cc3c(cc2O1)C(=O)N(Cc1c(C)cc(C)nc1OCc1ccccc1)CC3)NC(=O)OC(C)(C)C. The van der Waals surface area contributed by atoms with Gasteiger partial charge in [0.25, 0.3) is 5.91 Å². The number of aryl methyl sites for hydroxylation is 2. The monoisotopic (exact) mass is 629 g/mol. The summed E-state index contributed by atoms with van der Waals surface area (Å²) in [5.74, 6) is 0.906. The van der Waals surface area contributed by atoms with E-state index >= 15 is 0 Å². The molecule has 0 spiro atoms. The van der Waals surface area contributed by atoms with E-state index in [9.17, 15) is 9.59 Å². The lowest BCUT2D eigenvalue weighted by Gasteiger charge is -2.30. The summed E-state index contributed by atoms with van der Waals surface area (Å²) in [6, 6.07) is 15.8. The van der Waals surface area contributed by atoms with Crippen LogP contribution in [-0.4, -0.2) is 45.9 Å². The molecule has 1 aromatic heterocycles. The molecule has 2 unspecified atom stereocenters. The first kappa shape index (κ1) is 33.1. The summed E-state index contributed by atoms with van der Waals surface area (Å²) in [4.78, 5) is 32.6. The molecule has 9 heteroatoms. The Bertz CT molecular complexity index is 1570. The average molecular weight is 630 g/mol. The Balaban J connectivity index is 1.22. The van der Waals surface area contributed by atoms with Gasteiger partial charge in [0.1, 0.15) is 12.2 Å². The van der Waals surface area contributed by atoms with Crippen molar-refractivity contribution in [1.29, 1.82) is 0 Å². The van der Waals surface area contributed by atoms with Crippen LogP contribution in [0.25, 0.3) is 0 Å². The number of aromatic nitrogens is 1. The van der Waals surface area contributed by atoms with Crippen molar-refractivity contribution in [3.63, 3.8) is 0 Å². The molecule has 1 N–H and O–H groups in total. The summed E-state index contributed by atoms with van der Waals surface area (Å²) < 4.78 is 24.2. The second-order valence-corrected chi connectivity index (χ2v) is 13.6. The van der Waals surface area contributed by atoms with Gasteiger partial charge in [-0.1, -0.05) is 37.3 Å². The summed E-state index contributed by atoms with van der Waals surface area (Å²) in [5.41, 5.74) is 4.94. The molecule has 3 heterocycles. The van der Waals surface area contributed by atoms with Crippen LogP contribution >= 0.6 is 0 Å². The highest BCUT2D eigenvalue weighted by atomic mass is 16.7. The van der Waals surface area contributed by atoms with E-state index in [1.807, 2.05) is 102 Å². The van der Waals surface area contributed by atoms with Crippen LogP contribution in [0.5, 0.6) is 17.4 Å². The maximum absolute atomic E-state index is 13.8. The quantitative estimate of drug-likeness (QED) is 0.235. The van der Waals surface area contributed by atoms with Gasteiger partial charge in [0.05, 0.1) is 6.54 Å². The zero-order chi connectivity index (χ0) is 33.1. The highest BCUT2D eigenvalue weighted by molar-refractivity contribution is 5.97. The molecule has 2 amide bonds. The van der Waals surface area contributed by atoms with Gasteiger partial charge in [0, 0.05) is 42.8 Å². The Hall–Kier alpha value is -4.27. The van der Waals surface area contributed by atoms with Gasteiger partial charge < -0.3 is 29.2 Å². The molecular weight excluding hydrogens is 582 g/mol. The first-order valence-electron chi connectivity index (χ1n) is 16.3. The summed E-state index contributed by atoms with van der Waals surface area (Å²) >= 11 is 0. The Kier molecular flexibility index (Phi) is 9.79. The van der Waals surface area contributed by atoms with Crippen molar-refractivity contribution in [3.05, 3.63) is 82.0 Å². The normalized spacial score (nSPS) is 17.8. The molecule has 2 aliphatic heterocycles. The number of rotatable bonds is 11. The van der Waals surface area contributed by atoms with Gasteiger partial charge >= 0.3 is 6.09 Å². The fourth-order valence-corrected chi connectivity index (χ4v) is 6.01. The first-order chi connectivity index (χ1) is 21.8. The number of nitrogens with one attached hydrogen (secondary N) is 1. The van der Waals surface area contributed by atoms with Crippen molar-refractivity contribution >= 4 is 12.0 Å². The van der Waals surface area contributed by atoms with E-state index in [4.69, 9.17) is 23.9 Å². The maximum atomic E-state index is 13.8. The summed E-state index contributed by atoms with van der Waals surface area (Å²) in [7, 11) is 0. The minimum Gasteiger partial charge on any atom is -0.473 e. The predicted octanol–water partition coefficient (Wildman–Crippen LogP) is 7.44. The molecule has 2 atom stereocenters. The Morgan fingerprint density at radius 3 is 2.52 bits per heavy atom. The van der Waals surface area contributed by atoms with E-state index in [0.717, 1.165) is 47.2 Å². The second kappa shape index (κ2) is 13.6. The number of nitrogens with zero attached hydrogens (tertiary/aromatic N) is 2. The third-order valence-electron chi connectivity index (χ3n) is 8.39. The van der Waals surface area contributed by atoms with E-state index in [1.165, 1.54) is 0 Å². The molecule has 0 saturated heterocycles. The van der Waals surface area contributed by atoms with E-state index < -0.39 is 17.5 Å². The van der Waals surface area contributed by atoms with Gasteiger partial charge in [0.2, 0.25) is 11.7 Å². The standard InChI is InChI=1S/C37H47N3O6/c1-8-28(39-35(42)46-36(4,5)6)15-12-17-37(7)44-31-20-27-16-18-40(34(41)29(27)21-32(31)45-37)22-30-24(2)19-25(3)38-33(30)43-23-26-13-10-9-11-14-26/h9-11,13-14,19-21,28H,8,12,15-18,22-23H2,1-7H3,(H,39,42). The smallest absolute Gasteiger partial charge is 0.407 e. The van der Waals surface area contributed by atoms with Crippen LogP contribution in [0.2, 0.25) is 0 Å². The van der Waals surface area contributed by atoms with E-state index in [0.29, 0.717) is 55.5 Å². The molecule has 0 fully saturated rings. The number of pyridine rings is 1. The van der Waals surface area contributed by atoms with Crippen molar-refractivity contribution in [2.24, 2.45) is 0 Å². The number of ether oxygens (including phenoxy) is 4. The zero-order valence-electron chi connectivity index (χ0n) is 28.2. The minimum atomic E-state index is -0.852. The second-order valence-electron chi connectivity index (χ2n) is 13.6. The Morgan fingerprint density at radius 2 is 1.83 bits per heavy atom. The number of benzene rings is 2. The van der Waals surface area contributed by atoms with Crippen molar-refractivity contribution in [2.45, 2.75) is 111 Å². The molecular formula is C37H47N3O6. The number of hydrogen-bond donors (Lipinski definition) is 1. The van der Waals surface area contributed by atoms with Gasteiger partial charge in [-0.15, -0.1) is 0 Å². The molecule has 246 valence electrons. The van der Waals surface area contributed by atoms with Crippen LogP contribution in [0, 0.1) is 13.8 Å². The minimum absolute atomic E-state index is 0.00485. The number of amides is 2. The lowest BCUT2D eigenvalue weighted by Crippen LogP contribution is -2.39. The highest BCUT2D eigenvalue weighted by Gasteiger charge is 2.39. The van der Waals surface area contributed by atoms with Crippen LogP contribution in [0.1, 0.15) is 98.6 Å². The fourth-order valence-electron chi connectivity index (χ4n) is 6.01. The van der Waals surface area contributed by atoms with Crippen molar-refractivity contribution in [3.8, 4) is 17.4 Å². The van der Waals surface area contributed by atoms with Gasteiger partial charge in [-0.3, -0.25) is 4.79 Å². The highest BCUT2D eigenvalue weighted by Crippen LogP contribution is 2.44. The van der Waals surface area contributed by atoms with Crippen LogP contribution < -0.4 is 19.5 Å². The van der Waals surface area contributed by atoms with E-state index in [1.54, 1.807) is 0 Å². The summed E-state index contributed by atoms with van der Waals surface area (Å²) in [5, 5.41) is 2.97. The zero-order valence-corrected chi connectivity index (χ0v) is 28.2. The molecule has 0 bridgehead atoms. The lowest BCUT2D eigenvalue weighted by molar-refractivity contribution is -0.0699. The lowest BCUT2D eigenvalue weighted by atomic mass is 9.97. The molecule has 2 aromatic carbocycles. The van der Waals surface area contributed by atoms with Gasteiger partial charge in [-0.25, -0.2) is 9.78 Å². The number of fused-ring (bicyclic) bond motifs is 2. The van der Waals surface area contributed by atoms with Crippen LogP contribution in [0.15, 0.2) is 48.5 Å². The first-order valence-corrected chi connectivity index (χ1v) is 16.3. The van der Waals surface area contributed by atoms with Crippen molar-refractivity contribution in [1.82, 2.24) is 15.2 Å². The van der Waals surface area contributed by atoms with E-state index in [2.05, 4.69) is 5.32 Å². The molecule has 9 nitrogen and oxygen atoms in total. The molecule has 2 aliphatic rings. The molecule has 46 heavy (non-hydrogen) atoms. The third kappa shape index (κ3) is 8.11. The van der Waals surface area contributed by atoms with Gasteiger partial charge in [-0.05, 0) is 95.2 Å². The summed E-state index contributed by atoms with van der Waals surface area (Å²) in [6.45, 7) is 14.9. The predicted molar refractivity (Wildman–Crippen MR) is 176 cm³/mol. The van der Waals surface area contributed by atoms with Crippen LogP contribution in [-0.2, 0) is 24.3 Å². The number of carbonyl (C=O) groups excluding carboxylic acids is 2. The van der Waals surface area contributed by atoms with E-state index in [-0.39, 0.29) is 11.9 Å². The molecule has 3 aromatic rings. The van der Waals surface area contributed by atoms with Crippen LogP contribution in [0.4, 0.5) is 4.79 Å². The molecule has 0 radical (unpaired) electrons. The van der Waals surface area contributed by atoms with Crippen molar-refractivity contribution in [2.75, 3.05) is 6.54 Å². The fraction of sp³-hybridized carbons (Fsp3) is 0.486. The Morgan fingerprint density at radius 1 is 1.11 bits per heavy atom. The van der Waals surface area contributed by atoms with Crippen LogP contribution in [0.3, 0.4) is 0 Å². The molecule has 0 saturated carbocycles. The topological polar surface area (TPSA) is 99.2 Å². The molecule has 0 aliphatic carbocycles.